The van der Waals surface area contributed by atoms with Gasteiger partial charge in [0.1, 0.15) is 11.6 Å². The molecule has 4 rings (SSSR count). The highest BCUT2D eigenvalue weighted by Gasteiger charge is 2.34. The summed E-state index contributed by atoms with van der Waals surface area (Å²) in [5, 5.41) is 27.6. The van der Waals surface area contributed by atoms with Crippen LogP contribution < -0.4 is 10.6 Å². The van der Waals surface area contributed by atoms with E-state index in [-0.39, 0.29) is 6.04 Å². The Morgan fingerprint density at radius 1 is 1.24 bits per heavy atom. The van der Waals surface area contributed by atoms with Crippen LogP contribution in [0.5, 0.6) is 0 Å². The quantitative estimate of drug-likeness (QED) is 0.508. The lowest BCUT2D eigenvalue weighted by molar-refractivity contribution is -0.0572. The summed E-state index contributed by atoms with van der Waals surface area (Å²) in [5.41, 5.74) is 0.348. The Balaban J connectivity index is 1.43. The number of methoxy groups -OCH3 is 1. The molecular weight excluding hydrogens is 454 g/mol. The minimum absolute atomic E-state index is 0.223. The Labute approximate surface area is 205 Å². The molecule has 2 fully saturated rings. The zero-order chi connectivity index (χ0) is 24.0. The minimum atomic E-state index is -0.738. The predicted octanol–water partition coefficient (Wildman–Crippen LogP) is 4.26. The number of ether oxygens (including phenoxy) is 2. The topological polar surface area (TPSA) is 112 Å². The first kappa shape index (κ1) is 24.7. The number of aliphatic hydroxyl groups is 1. The molecule has 1 aliphatic carbocycles. The highest BCUT2D eigenvalue weighted by Crippen LogP contribution is 2.33. The number of nitrogens with zero attached hydrogens (tertiary/aromatic N) is 3. The van der Waals surface area contributed by atoms with Crippen molar-refractivity contribution in [1.29, 1.82) is 5.26 Å². The van der Waals surface area contributed by atoms with Gasteiger partial charge in [0.05, 0.1) is 34.4 Å². The smallest absolute Gasteiger partial charge is 0.126 e. The zero-order valence-corrected chi connectivity index (χ0v) is 20.3. The molecule has 0 bridgehead atoms. The number of pyridine rings is 2. The first-order valence-corrected chi connectivity index (χ1v) is 12.2. The van der Waals surface area contributed by atoms with E-state index >= 15 is 0 Å². The van der Waals surface area contributed by atoms with Crippen molar-refractivity contribution in [2.45, 2.75) is 50.2 Å². The van der Waals surface area contributed by atoms with E-state index < -0.39 is 11.0 Å². The van der Waals surface area contributed by atoms with Gasteiger partial charge in [0, 0.05) is 44.7 Å². The van der Waals surface area contributed by atoms with Crippen molar-refractivity contribution < 1.29 is 14.6 Å². The fraction of sp³-hybridized carbons (Fsp3) is 0.560. The number of hydrogen-bond donors (Lipinski definition) is 3. The molecule has 3 heterocycles. The largest absolute Gasteiger partial charge is 0.387 e. The monoisotopic (exact) mass is 485 g/mol. The van der Waals surface area contributed by atoms with Crippen molar-refractivity contribution in [2.75, 3.05) is 44.1 Å². The van der Waals surface area contributed by atoms with Gasteiger partial charge in [0.2, 0.25) is 0 Å². The Hall–Kier alpha value is -2.44. The van der Waals surface area contributed by atoms with Crippen LogP contribution in [0.2, 0.25) is 5.02 Å². The Bertz CT molecular complexity index is 1010. The molecule has 1 saturated heterocycles. The van der Waals surface area contributed by atoms with Crippen LogP contribution in [0.4, 0.5) is 11.6 Å². The maximum atomic E-state index is 10.5. The molecule has 34 heavy (non-hydrogen) atoms. The highest BCUT2D eigenvalue weighted by atomic mass is 35.5. The molecule has 2 aromatic heterocycles. The molecule has 182 valence electrons. The van der Waals surface area contributed by atoms with Gasteiger partial charge in [-0.05, 0) is 56.7 Å². The highest BCUT2D eigenvalue weighted by molar-refractivity contribution is 6.33. The zero-order valence-electron chi connectivity index (χ0n) is 19.5. The fourth-order valence-corrected chi connectivity index (χ4v) is 4.87. The van der Waals surface area contributed by atoms with Crippen LogP contribution in [0.3, 0.4) is 0 Å². The molecule has 0 spiro atoms. The van der Waals surface area contributed by atoms with E-state index in [2.05, 4.69) is 21.7 Å². The molecule has 0 radical (unpaired) electrons. The number of anilines is 2. The van der Waals surface area contributed by atoms with Gasteiger partial charge < -0.3 is 25.2 Å². The number of halogens is 1. The second-order valence-electron chi connectivity index (χ2n) is 9.39. The van der Waals surface area contributed by atoms with Crippen molar-refractivity contribution in [3.05, 3.63) is 35.5 Å². The van der Waals surface area contributed by atoms with Crippen LogP contribution in [0, 0.1) is 16.7 Å². The third-order valence-electron chi connectivity index (χ3n) is 6.86. The summed E-state index contributed by atoms with van der Waals surface area (Å²) in [5.74, 6) is 1.43. The maximum absolute atomic E-state index is 10.5. The molecule has 1 saturated carbocycles. The molecule has 9 heteroatoms. The molecule has 2 aromatic rings. The number of hydrogen-bond acceptors (Lipinski definition) is 8. The van der Waals surface area contributed by atoms with Crippen molar-refractivity contribution in [3.63, 3.8) is 0 Å². The van der Waals surface area contributed by atoms with E-state index in [0.717, 1.165) is 29.9 Å². The van der Waals surface area contributed by atoms with Crippen molar-refractivity contribution in [1.82, 2.24) is 9.97 Å². The van der Waals surface area contributed by atoms with Gasteiger partial charge in [-0.2, -0.15) is 5.26 Å². The first-order chi connectivity index (χ1) is 16.4. The number of aromatic nitrogens is 2. The van der Waals surface area contributed by atoms with Crippen molar-refractivity contribution in [3.8, 4) is 17.3 Å². The van der Waals surface area contributed by atoms with Gasteiger partial charge in [-0.15, -0.1) is 0 Å². The molecule has 2 aliphatic rings. The molecular formula is C25H32ClN5O3. The molecule has 1 aliphatic heterocycles. The van der Waals surface area contributed by atoms with Gasteiger partial charge >= 0.3 is 0 Å². The lowest BCUT2D eigenvalue weighted by atomic mass is 9.82. The number of nitrogens with one attached hydrogen (secondary N) is 2. The van der Waals surface area contributed by atoms with E-state index in [0.29, 0.717) is 62.9 Å². The minimum Gasteiger partial charge on any atom is -0.387 e. The normalized spacial score (nSPS) is 24.2. The van der Waals surface area contributed by atoms with Gasteiger partial charge in [0.15, 0.2) is 0 Å². The lowest BCUT2D eigenvalue weighted by Crippen LogP contribution is -2.41. The molecule has 0 aromatic carbocycles. The third kappa shape index (κ3) is 5.97. The second kappa shape index (κ2) is 10.9. The summed E-state index contributed by atoms with van der Waals surface area (Å²) < 4.78 is 10.6. The molecule has 8 nitrogen and oxygen atoms in total. The molecule has 3 N–H and O–H groups in total. The Kier molecular flexibility index (Phi) is 7.89. The molecule has 0 unspecified atom stereocenters. The Morgan fingerprint density at radius 2 is 2.00 bits per heavy atom. The number of nitriles is 1. The average Bonchev–Trinajstić information content (AvgIpc) is 2.86. The Morgan fingerprint density at radius 3 is 2.71 bits per heavy atom. The van der Waals surface area contributed by atoms with E-state index in [9.17, 15) is 10.4 Å². The van der Waals surface area contributed by atoms with Crippen LogP contribution >= 0.6 is 11.6 Å². The average molecular weight is 486 g/mol. The van der Waals surface area contributed by atoms with E-state index in [1.54, 1.807) is 13.3 Å². The number of rotatable bonds is 8. The van der Waals surface area contributed by atoms with Crippen LogP contribution in [0.15, 0.2) is 30.5 Å². The third-order valence-corrected chi connectivity index (χ3v) is 7.16. The maximum Gasteiger partial charge on any atom is 0.126 e. The van der Waals surface area contributed by atoms with Gasteiger partial charge in [-0.1, -0.05) is 17.7 Å². The predicted molar refractivity (Wildman–Crippen MR) is 132 cm³/mol. The summed E-state index contributed by atoms with van der Waals surface area (Å²) in [6.45, 7) is 2.11. The van der Waals surface area contributed by atoms with Gasteiger partial charge in [-0.3, -0.25) is 0 Å². The van der Waals surface area contributed by atoms with Crippen molar-refractivity contribution >= 4 is 23.2 Å². The SMILES string of the molecule is COCC1(O)CCC(Nc2cc(-c3cccc(NCC4(C#N)CCOCC4)n3)c(Cl)cn2)CC1. The summed E-state index contributed by atoms with van der Waals surface area (Å²) in [6, 6.07) is 10.3. The molecule has 0 atom stereocenters. The second-order valence-corrected chi connectivity index (χ2v) is 9.80. The van der Waals surface area contributed by atoms with E-state index in [1.807, 2.05) is 24.3 Å². The lowest BCUT2D eigenvalue weighted by Gasteiger charge is -2.35. The van der Waals surface area contributed by atoms with Crippen LogP contribution in [0.1, 0.15) is 38.5 Å². The summed E-state index contributed by atoms with van der Waals surface area (Å²) in [4.78, 5) is 9.19. The van der Waals surface area contributed by atoms with E-state index in [4.69, 9.17) is 26.1 Å². The van der Waals surface area contributed by atoms with Gasteiger partial charge in [0.25, 0.3) is 0 Å². The first-order valence-electron chi connectivity index (χ1n) is 11.8. The summed E-state index contributed by atoms with van der Waals surface area (Å²) in [7, 11) is 1.62. The molecule has 0 amide bonds. The van der Waals surface area contributed by atoms with Crippen LogP contribution in [0.25, 0.3) is 11.3 Å². The summed E-state index contributed by atoms with van der Waals surface area (Å²) >= 11 is 6.49. The van der Waals surface area contributed by atoms with Gasteiger partial charge in [-0.25, -0.2) is 9.97 Å². The standard InChI is InChI=1S/C25H32ClN5O3/c1-33-17-25(32)7-5-18(6-8-25)30-23-13-19(20(26)14-28-23)21-3-2-4-22(31-21)29-16-24(15-27)9-11-34-12-10-24/h2-4,13-14,18,32H,5-12,16-17H2,1H3,(H,28,30)(H,29,31). The fourth-order valence-electron chi connectivity index (χ4n) is 4.67. The van der Waals surface area contributed by atoms with Crippen molar-refractivity contribution in [2.24, 2.45) is 5.41 Å². The van der Waals surface area contributed by atoms with Crippen LogP contribution in [-0.4, -0.2) is 60.2 Å². The van der Waals surface area contributed by atoms with Crippen LogP contribution in [-0.2, 0) is 9.47 Å². The summed E-state index contributed by atoms with van der Waals surface area (Å²) in [6.07, 6.45) is 6.11. The van der Waals surface area contributed by atoms with E-state index in [1.165, 1.54) is 0 Å².